The lowest BCUT2D eigenvalue weighted by Gasteiger charge is -2.33. The molecule has 1 aromatic carbocycles. The average molecular weight is 345 g/mol. The number of carbonyl (C=O) groups is 1. The van der Waals surface area contributed by atoms with Gasteiger partial charge in [0.2, 0.25) is 5.91 Å². The molecule has 0 spiro atoms. The van der Waals surface area contributed by atoms with Crippen LogP contribution in [0.2, 0.25) is 0 Å². The Morgan fingerprint density at radius 1 is 1.36 bits per heavy atom. The van der Waals surface area contributed by atoms with Crippen LogP contribution in [0.5, 0.6) is 0 Å². The highest BCUT2D eigenvalue weighted by molar-refractivity contribution is 5.94. The summed E-state index contributed by atoms with van der Waals surface area (Å²) in [6, 6.07) is 10.6. The molecule has 2 aromatic rings. The fraction of sp³-hybridized carbons (Fsp3) is 0.444. The molecular formula is C18H23N3O4. The van der Waals surface area contributed by atoms with Crippen LogP contribution in [-0.2, 0) is 14.3 Å². The van der Waals surface area contributed by atoms with E-state index in [1.807, 2.05) is 30.3 Å². The predicted molar refractivity (Wildman–Crippen MR) is 92.2 cm³/mol. The summed E-state index contributed by atoms with van der Waals surface area (Å²) < 4.78 is 16.1. The van der Waals surface area contributed by atoms with E-state index in [1.54, 1.807) is 20.1 Å². The summed E-state index contributed by atoms with van der Waals surface area (Å²) in [7, 11) is 1.68. The van der Waals surface area contributed by atoms with Crippen molar-refractivity contribution in [3.8, 4) is 0 Å². The molecule has 0 aliphatic carbocycles. The standard InChI is InChI=1S/C18H23N3O4/c1-12-10-16(21-25-12)20-18(22)17(13-6-4-3-5-7-13)19-14-11-24-9-8-15(14)23-2/h3-7,10,14-15,17,19H,8-9,11H2,1-2H3,(H,20,21,22)/t14-,15-,17?/m1/s1. The van der Waals surface area contributed by atoms with E-state index in [4.69, 9.17) is 14.0 Å². The van der Waals surface area contributed by atoms with Crippen molar-refractivity contribution in [1.82, 2.24) is 10.5 Å². The minimum Gasteiger partial charge on any atom is -0.380 e. The fourth-order valence-electron chi connectivity index (χ4n) is 2.96. The van der Waals surface area contributed by atoms with Gasteiger partial charge in [-0.05, 0) is 18.9 Å². The second-order valence-corrected chi connectivity index (χ2v) is 6.07. The zero-order valence-corrected chi connectivity index (χ0v) is 14.4. The van der Waals surface area contributed by atoms with Gasteiger partial charge in [0.05, 0.1) is 18.8 Å². The molecule has 3 atom stereocenters. The van der Waals surface area contributed by atoms with Crippen LogP contribution in [0.1, 0.15) is 23.8 Å². The zero-order valence-electron chi connectivity index (χ0n) is 14.4. The highest BCUT2D eigenvalue weighted by Crippen LogP contribution is 2.20. The van der Waals surface area contributed by atoms with Crippen molar-refractivity contribution in [2.45, 2.75) is 31.5 Å². The zero-order chi connectivity index (χ0) is 17.6. The molecule has 2 N–H and O–H groups in total. The third-order valence-electron chi connectivity index (χ3n) is 4.25. The number of aromatic nitrogens is 1. The van der Waals surface area contributed by atoms with Crippen molar-refractivity contribution < 1.29 is 18.8 Å². The molecule has 1 aliphatic rings. The van der Waals surface area contributed by atoms with Crippen molar-refractivity contribution in [2.75, 3.05) is 25.6 Å². The molecule has 134 valence electrons. The minimum atomic E-state index is -0.553. The lowest BCUT2D eigenvalue weighted by molar-refractivity contribution is -0.119. The minimum absolute atomic E-state index is 0.00190. The van der Waals surface area contributed by atoms with Crippen LogP contribution in [0.3, 0.4) is 0 Å². The Kier molecular flexibility index (Phi) is 5.80. The van der Waals surface area contributed by atoms with Crippen molar-refractivity contribution in [3.05, 3.63) is 47.7 Å². The smallest absolute Gasteiger partial charge is 0.247 e. The van der Waals surface area contributed by atoms with E-state index in [2.05, 4.69) is 15.8 Å². The average Bonchev–Trinajstić information content (AvgIpc) is 3.05. The van der Waals surface area contributed by atoms with E-state index in [0.717, 1.165) is 12.0 Å². The van der Waals surface area contributed by atoms with Gasteiger partial charge in [-0.1, -0.05) is 35.5 Å². The number of methoxy groups -OCH3 is 1. The maximum atomic E-state index is 12.9. The Morgan fingerprint density at radius 3 is 2.84 bits per heavy atom. The number of rotatable bonds is 6. The number of carbonyl (C=O) groups excluding carboxylic acids is 1. The van der Waals surface area contributed by atoms with Crippen LogP contribution in [-0.4, -0.2) is 43.5 Å². The molecule has 0 saturated carbocycles. The van der Waals surface area contributed by atoms with Gasteiger partial charge in [0.1, 0.15) is 11.8 Å². The fourth-order valence-corrected chi connectivity index (χ4v) is 2.96. The number of nitrogens with one attached hydrogen (secondary N) is 2. The summed E-state index contributed by atoms with van der Waals surface area (Å²) in [5.41, 5.74) is 0.862. The van der Waals surface area contributed by atoms with Crippen LogP contribution in [0.4, 0.5) is 5.82 Å². The van der Waals surface area contributed by atoms with Gasteiger partial charge in [-0.3, -0.25) is 10.1 Å². The van der Waals surface area contributed by atoms with E-state index in [0.29, 0.717) is 24.8 Å². The number of aryl methyl sites for hydroxylation is 1. The highest BCUT2D eigenvalue weighted by atomic mass is 16.5. The first-order valence-corrected chi connectivity index (χ1v) is 8.33. The molecule has 1 unspecified atom stereocenters. The van der Waals surface area contributed by atoms with Crippen LogP contribution in [0.25, 0.3) is 0 Å². The number of hydrogen-bond donors (Lipinski definition) is 2. The first-order chi connectivity index (χ1) is 12.2. The largest absolute Gasteiger partial charge is 0.380 e. The summed E-state index contributed by atoms with van der Waals surface area (Å²) in [6.07, 6.45) is 0.793. The quantitative estimate of drug-likeness (QED) is 0.833. The molecule has 1 fully saturated rings. The number of benzene rings is 1. The topological polar surface area (TPSA) is 85.6 Å². The summed E-state index contributed by atoms with van der Waals surface area (Å²) in [5.74, 6) is 0.827. The molecule has 2 heterocycles. The molecule has 0 bridgehead atoms. The Bertz CT molecular complexity index is 689. The van der Waals surface area contributed by atoms with E-state index in [-0.39, 0.29) is 18.1 Å². The number of nitrogens with zero attached hydrogens (tertiary/aromatic N) is 1. The van der Waals surface area contributed by atoms with Crippen LogP contribution in [0, 0.1) is 6.92 Å². The molecule has 1 amide bonds. The number of hydrogen-bond acceptors (Lipinski definition) is 6. The van der Waals surface area contributed by atoms with Crippen LogP contribution >= 0.6 is 0 Å². The summed E-state index contributed by atoms with van der Waals surface area (Å²) in [5, 5.41) is 10.0. The Labute approximate surface area is 146 Å². The Morgan fingerprint density at radius 2 is 2.16 bits per heavy atom. The van der Waals surface area contributed by atoms with E-state index in [1.165, 1.54) is 0 Å². The van der Waals surface area contributed by atoms with Crippen molar-refractivity contribution >= 4 is 11.7 Å². The molecule has 3 rings (SSSR count). The first-order valence-electron chi connectivity index (χ1n) is 8.33. The maximum Gasteiger partial charge on any atom is 0.247 e. The SMILES string of the molecule is CO[C@@H]1CCOC[C@H]1NC(C(=O)Nc1cc(C)on1)c1ccccc1. The lowest BCUT2D eigenvalue weighted by atomic mass is 10.0. The molecule has 0 radical (unpaired) electrons. The lowest BCUT2D eigenvalue weighted by Crippen LogP contribution is -2.51. The van der Waals surface area contributed by atoms with Crippen molar-refractivity contribution in [2.24, 2.45) is 0 Å². The van der Waals surface area contributed by atoms with Gasteiger partial charge in [0.25, 0.3) is 0 Å². The number of ether oxygens (including phenoxy) is 2. The molecule has 7 nitrogen and oxygen atoms in total. The van der Waals surface area contributed by atoms with Gasteiger partial charge in [-0.15, -0.1) is 0 Å². The second-order valence-electron chi connectivity index (χ2n) is 6.07. The second kappa shape index (κ2) is 8.24. The van der Waals surface area contributed by atoms with Crippen LogP contribution < -0.4 is 10.6 Å². The van der Waals surface area contributed by atoms with E-state index in [9.17, 15) is 4.79 Å². The highest BCUT2D eigenvalue weighted by Gasteiger charge is 2.31. The third-order valence-corrected chi connectivity index (χ3v) is 4.25. The summed E-state index contributed by atoms with van der Waals surface area (Å²) >= 11 is 0. The predicted octanol–water partition coefficient (Wildman–Crippen LogP) is 2.06. The normalized spacial score (nSPS) is 21.7. The molecule has 7 heteroatoms. The van der Waals surface area contributed by atoms with Gasteiger partial charge in [0, 0.05) is 19.8 Å². The van der Waals surface area contributed by atoms with Gasteiger partial charge >= 0.3 is 0 Å². The molecule has 25 heavy (non-hydrogen) atoms. The molecular weight excluding hydrogens is 322 g/mol. The van der Waals surface area contributed by atoms with Crippen LogP contribution in [0.15, 0.2) is 40.9 Å². The van der Waals surface area contributed by atoms with Gasteiger partial charge in [0.15, 0.2) is 5.82 Å². The Hall–Kier alpha value is -2.22. The molecule has 1 aromatic heterocycles. The Balaban J connectivity index is 1.78. The van der Waals surface area contributed by atoms with E-state index < -0.39 is 6.04 Å². The number of amides is 1. The molecule has 1 aliphatic heterocycles. The summed E-state index contributed by atoms with van der Waals surface area (Å²) in [4.78, 5) is 12.9. The van der Waals surface area contributed by atoms with E-state index >= 15 is 0 Å². The summed E-state index contributed by atoms with van der Waals surface area (Å²) in [6.45, 7) is 2.94. The van der Waals surface area contributed by atoms with Crippen molar-refractivity contribution in [1.29, 1.82) is 0 Å². The van der Waals surface area contributed by atoms with Gasteiger partial charge < -0.3 is 19.3 Å². The monoisotopic (exact) mass is 345 g/mol. The third kappa shape index (κ3) is 4.45. The molecule has 1 saturated heterocycles. The van der Waals surface area contributed by atoms with Gasteiger partial charge in [-0.25, -0.2) is 0 Å². The first kappa shape index (κ1) is 17.6. The van der Waals surface area contributed by atoms with Gasteiger partial charge in [-0.2, -0.15) is 0 Å². The number of anilines is 1. The van der Waals surface area contributed by atoms with Crippen molar-refractivity contribution in [3.63, 3.8) is 0 Å². The maximum absolute atomic E-state index is 12.9.